The van der Waals surface area contributed by atoms with Gasteiger partial charge >= 0.3 is 0 Å². The van der Waals surface area contributed by atoms with Gasteiger partial charge in [-0.05, 0) is 86.4 Å². The Hall–Kier alpha value is -0.410. The lowest BCUT2D eigenvalue weighted by Gasteiger charge is -2.60. The van der Waals surface area contributed by atoms with Crippen LogP contribution in [0.15, 0.2) is 0 Å². The fourth-order valence-corrected chi connectivity index (χ4v) is 8.64. The Kier molecular flexibility index (Phi) is 3.94. The van der Waals surface area contributed by atoms with E-state index >= 15 is 0 Å². The third-order valence-electron chi connectivity index (χ3n) is 9.98. The van der Waals surface area contributed by atoms with Crippen molar-refractivity contribution in [2.24, 2.45) is 40.4 Å². The molecule has 7 atom stereocenters. The minimum atomic E-state index is -0.352. The standard InChI is InChI=1S/C23H36O3/c1-21-10-8-16(24)14-15(21)4-5-17-18-6-7-20(23(3)25-12-13-26-23)22(18,2)11-9-19(17)21/h15,17-20H,4-14H2,1-3H3/t15-,17+,18+,19+,20+,21+,22+/m1/s1. The summed E-state index contributed by atoms with van der Waals surface area (Å²) >= 11 is 0. The summed E-state index contributed by atoms with van der Waals surface area (Å²) in [4.78, 5) is 12.1. The molecule has 26 heavy (non-hydrogen) atoms. The van der Waals surface area contributed by atoms with Crippen molar-refractivity contribution in [1.82, 2.24) is 0 Å². The van der Waals surface area contributed by atoms with Crippen LogP contribution < -0.4 is 0 Å². The molecule has 0 aromatic carbocycles. The number of hydrogen-bond acceptors (Lipinski definition) is 3. The second-order valence-electron chi connectivity index (χ2n) is 10.8. The van der Waals surface area contributed by atoms with Crippen LogP contribution >= 0.6 is 0 Å². The highest BCUT2D eigenvalue weighted by Crippen LogP contribution is 2.68. The SMILES string of the molecule is CC1([C@H]2CC[C@H]3[C@@H]4CC[C@@H]5CC(=O)CC[C@]5(C)[C@H]4CC[C@]23C)OCCO1. The van der Waals surface area contributed by atoms with Gasteiger partial charge in [-0.15, -0.1) is 0 Å². The zero-order chi connectivity index (χ0) is 18.2. The van der Waals surface area contributed by atoms with E-state index in [0.717, 1.165) is 50.2 Å². The van der Waals surface area contributed by atoms with E-state index in [-0.39, 0.29) is 5.79 Å². The van der Waals surface area contributed by atoms with Crippen LogP contribution in [0.3, 0.4) is 0 Å². The molecule has 0 aromatic heterocycles. The highest BCUT2D eigenvalue weighted by atomic mass is 16.7. The number of carbonyl (C=O) groups excluding carboxylic acids is 1. The molecule has 3 nitrogen and oxygen atoms in total. The normalized spacial score (nSPS) is 53.0. The Morgan fingerprint density at radius 3 is 2.35 bits per heavy atom. The average molecular weight is 361 g/mol. The molecule has 0 amide bonds. The van der Waals surface area contributed by atoms with Crippen molar-refractivity contribution < 1.29 is 14.3 Å². The lowest BCUT2D eigenvalue weighted by atomic mass is 9.44. The van der Waals surface area contributed by atoms with Crippen LogP contribution in [-0.4, -0.2) is 24.8 Å². The van der Waals surface area contributed by atoms with E-state index in [2.05, 4.69) is 20.8 Å². The van der Waals surface area contributed by atoms with E-state index in [1.54, 1.807) is 0 Å². The van der Waals surface area contributed by atoms with E-state index < -0.39 is 0 Å². The van der Waals surface area contributed by atoms with Gasteiger partial charge in [0, 0.05) is 18.8 Å². The predicted molar refractivity (Wildman–Crippen MR) is 101 cm³/mol. The fraction of sp³-hybridized carbons (Fsp3) is 0.957. The van der Waals surface area contributed by atoms with Crippen molar-refractivity contribution in [3.63, 3.8) is 0 Å². The Balaban J connectivity index is 1.42. The summed E-state index contributed by atoms with van der Waals surface area (Å²) in [5.74, 6) is 3.90. The molecule has 0 N–H and O–H groups in total. The molecule has 0 unspecified atom stereocenters. The van der Waals surface area contributed by atoms with Gasteiger partial charge < -0.3 is 9.47 Å². The summed E-state index contributed by atoms with van der Waals surface area (Å²) in [7, 11) is 0. The number of fused-ring (bicyclic) bond motifs is 5. The summed E-state index contributed by atoms with van der Waals surface area (Å²) in [6, 6.07) is 0. The molecule has 0 aromatic rings. The first-order valence-corrected chi connectivity index (χ1v) is 11.2. The van der Waals surface area contributed by atoms with Gasteiger partial charge in [-0.1, -0.05) is 13.8 Å². The minimum Gasteiger partial charge on any atom is -0.348 e. The smallest absolute Gasteiger partial charge is 0.169 e. The molecule has 0 spiro atoms. The summed E-state index contributed by atoms with van der Waals surface area (Å²) in [6.45, 7) is 8.82. The van der Waals surface area contributed by atoms with Gasteiger partial charge in [-0.25, -0.2) is 0 Å². The minimum absolute atomic E-state index is 0.352. The molecule has 0 radical (unpaired) electrons. The molecule has 4 aliphatic carbocycles. The average Bonchev–Trinajstić information content (AvgIpc) is 3.19. The molecule has 5 rings (SSSR count). The van der Waals surface area contributed by atoms with Gasteiger partial charge in [0.25, 0.3) is 0 Å². The molecule has 0 bridgehead atoms. The van der Waals surface area contributed by atoms with Gasteiger partial charge in [0.1, 0.15) is 5.78 Å². The third-order valence-corrected chi connectivity index (χ3v) is 9.98. The van der Waals surface area contributed by atoms with E-state index in [9.17, 15) is 4.79 Å². The van der Waals surface area contributed by atoms with Crippen molar-refractivity contribution in [3.8, 4) is 0 Å². The van der Waals surface area contributed by atoms with E-state index in [1.807, 2.05) is 0 Å². The molecule has 4 saturated carbocycles. The van der Waals surface area contributed by atoms with Crippen LogP contribution in [0.2, 0.25) is 0 Å². The number of Topliss-reactive ketones (excluding diaryl/α,β-unsaturated/α-hetero) is 1. The summed E-state index contributed by atoms with van der Waals surface area (Å²) in [5, 5.41) is 0. The number of ether oxygens (including phenoxy) is 2. The molecule has 5 aliphatic rings. The summed E-state index contributed by atoms with van der Waals surface area (Å²) < 4.78 is 12.3. The van der Waals surface area contributed by atoms with Gasteiger partial charge in [0.05, 0.1) is 13.2 Å². The van der Waals surface area contributed by atoms with E-state index in [4.69, 9.17) is 9.47 Å². The molecule has 5 fully saturated rings. The molecule has 1 saturated heterocycles. The summed E-state index contributed by atoms with van der Waals surface area (Å²) in [6.07, 6.45) is 10.8. The van der Waals surface area contributed by atoms with E-state index in [1.165, 1.54) is 38.5 Å². The van der Waals surface area contributed by atoms with Gasteiger partial charge in [0.15, 0.2) is 5.79 Å². The van der Waals surface area contributed by atoms with Crippen LogP contribution in [0.5, 0.6) is 0 Å². The number of ketones is 1. The monoisotopic (exact) mass is 360 g/mol. The van der Waals surface area contributed by atoms with Crippen LogP contribution in [0, 0.1) is 40.4 Å². The largest absolute Gasteiger partial charge is 0.348 e. The highest BCUT2D eigenvalue weighted by molar-refractivity contribution is 5.79. The summed E-state index contributed by atoms with van der Waals surface area (Å²) in [5.41, 5.74) is 0.786. The first-order chi connectivity index (χ1) is 12.4. The lowest BCUT2D eigenvalue weighted by molar-refractivity contribution is -0.217. The number of hydrogen-bond donors (Lipinski definition) is 0. The maximum Gasteiger partial charge on any atom is 0.169 e. The predicted octanol–water partition coefficient (Wildman–Crippen LogP) is 4.98. The zero-order valence-corrected chi connectivity index (χ0v) is 16.9. The van der Waals surface area contributed by atoms with Crippen molar-refractivity contribution >= 4 is 5.78 Å². The second-order valence-corrected chi connectivity index (χ2v) is 10.8. The van der Waals surface area contributed by atoms with E-state index in [0.29, 0.717) is 28.4 Å². The van der Waals surface area contributed by atoms with Crippen molar-refractivity contribution in [1.29, 1.82) is 0 Å². The molecular weight excluding hydrogens is 324 g/mol. The lowest BCUT2D eigenvalue weighted by Crippen LogP contribution is -2.55. The third kappa shape index (κ3) is 2.28. The van der Waals surface area contributed by atoms with Gasteiger partial charge in [0.2, 0.25) is 0 Å². The first kappa shape index (κ1) is 17.7. The molecule has 3 heteroatoms. The topological polar surface area (TPSA) is 35.5 Å². The van der Waals surface area contributed by atoms with Crippen LogP contribution in [-0.2, 0) is 14.3 Å². The molecular formula is C23H36O3. The molecule has 146 valence electrons. The molecule has 1 heterocycles. The van der Waals surface area contributed by atoms with Crippen LogP contribution in [0.4, 0.5) is 0 Å². The van der Waals surface area contributed by atoms with Crippen molar-refractivity contribution in [2.45, 2.75) is 84.3 Å². The fourth-order valence-electron chi connectivity index (χ4n) is 8.64. The highest BCUT2D eigenvalue weighted by Gasteiger charge is 2.63. The zero-order valence-electron chi connectivity index (χ0n) is 16.9. The maximum atomic E-state index is 12.1. The Morgan fingerprint density at radius 1 is 0.846 bits per heavy atom. The maximum absolute atomic E-state index is 12.1. The Morgan fingerprint density at radius 2 is 1.58 bits per heavy atom. The number of carbonyl (C=O) groups is 1. The van der Waals surface area contributed by atoms with Gasteiger partial charge in [-0.2, -0.15) is 0 Å². The van der Waals surface area contributed by atoms with Crippen molar-refractivity contribution in [2.75, 3.05) is 13.2 Å². The first-order valence-electron chi connectivity index (χ1n) is 11.2. The second kappa shape index (κ2) is 5.80. The van der Waals surface area contributed by atoms with Crippen LogP contribution in [0.1, 0.15) is 78.6 Å². The van der Waals surface area contributed by atoms with Crippen LogP contribution in [0.25, 0.3) is 0 Å². The van der Waals surface area contributed by atoms with Crippen molar-refractivity contribution in [3.05, 3.63) is 0 Å². The Labute approximate surface area is 158 Å². The molecule has 1 aliphatic heterocycles. The number of rotatable bonds is 1. The van der Waals surface area contributed by atoms with Gasteiger partial charge in [-0.3, -0.25) is 4.79 Å². The quantitative estimate of drug-likeness (QED) is 0.662. The Bertz CT molecular complexity index is 594.